The molecule has 8 nitrogen and oxygen atoms in total. The van der Waals surface area contributed by atoms with Gasteiger partial charge in [0.05, 0.1) is 19.3 Å². The van der Waals surface area contributed by atoms with E-state index in [1.165, 1.54) is 12.0 Å². The molecule has 1 saturated heterocycles. The zero-order valence-corrected chi connectivity index (χ0v) is 20.9. The van der Waals surface area contributed by atoms with E-state index in [9.17, 15) is 22.8 Å². The van der Waals surface area contributed by atoms with Crippen molar-refractivity contribution in [3.8, 4) is 11.4 Å². The molecule has 3 aromatic rings. The van der Waals surface area contributed by atoms with Crippen molar-refractivity contribution in [1.29, 1.82) is 0 Å². The first kappa shape index (κ1) is 25.8. The van der Waals surface area contributed by atoms with Gasteiger partial charge in [0.25, 0.3) is 5.91 Å². The Labute approximate surface area is 218 Å². The lowest BCUT2D eigenvalue weighted by atomic mass is 10.0. The maximum Gasteiger partial charge on any atom is 0.435 e. The number of hydrogen-bond donors (Lipinski definition) is 1. The van der Waals surface area contributed by atoms with Crippen LogP contribution in [0, 0.1) is 0 Å². The number of fused-ring (bicyclic) bond motifs is 1. The molecular formula is C27H28F3N5O3. The van der Waals surface area contributed by atoms with E-state index >= 15 is 0 Å². The highest BCUT2D eigenvalue weighted by Crippen LogP contribution is 2.37. The monoisotopic (exact) mass is 527 g/mol. The van der Waals surface area contributed by atoms with Crippen molar-refractivity contribution in [2.75, 3.05) is 38.2 Å². The molecule has 0 radical (unpaired) electrons. The van der Waals surface area contributed by atoms with Gasteiger partial charge < -0.3 is 15.0 Å². The quantitative estimate of drug-likeness (QED) is 0.506. The molecule has 200 valence electrons. The third-order valence-electron chi connectivity index (χ3n) is 6.91. The molecule has 11 heteroatoms. The van der Waals surface area contributed by atoms with E-state index in [0.717, 1.165) is 36.2 Å². The van der Waals surface area contributed by atoms with E-state index in [0.29, 0.717) is 30.2 Å². The van der Waals surface area contributed by atoms with Gasteiger partial charge in [-0.25, -0.2) is 4.68 Å². The molecule has 0 saturated carbocycles. The Morgan fingerprint density at radius 3 is 2.29 bits per heavy atom. The van der Waals surface area contributed by atoms with Crippen molar-refractivity contribution in [1.82, 2.24) is 20.0 Å². The number of amides is 2. The zero-order chi connectivity index (χ0) is 26.9. The number of halogens is 3. The fourth-order valence-electron chi connectivity index (χ4n) is 4.94. The molecule has 1 fully saturated rings. The van der Waals surface area contributed by atoms with Crippen LogP contribution in [0.25, 0.3) is 5.69 Å². The molecule has 1 N–H and O–H groups in total. The number of nitrogens with zero attached hydrogens (tertiary/aromatic N) is 4. The topological polar surface area (TPSA) is 79.7 Å². The summed E-state index contributed by atoms with van der Waals surface area (Å²) in [7, 11) is 1.49. The standard InChI is InChI=1S/C27H28F3N5O3/c1-38-21-10-8-20(9-11-21)35-24-22(25(32-35)27(28,29)30)12-15-34(26(24)37)19-6-4-18(5-7-19)16-31-23(36)17-33-13-2-3-14-33/h4-11H,2-3,12-17H2,1H3,(H,31,36). The van der Waals surface area contributed by atoms with Gasteiger partial charge >= 0.3 is 6.18 Å². The number of methoxy groups -OCH3 is 1. The third-order valence-corrected chi connectivity index (χ3v) is 6.91. The van der Waals surface area contributed by atoms with Gasteiger partial charge in [0, 0.05) is 24.3 Å². The molecule has 0 atom stereocenters. The maximum atomic E-state index is 13.8. The molecule has 3 heterocycles. The summed E-state index contributed by atoms with van der Waals surface area (Å²) < 4.78 is 47.6. The number of alkyl halides is 3. The van der Waals surface area contributed by atoms with Crippen molar-refractivity contribution >= 4 is 17.5 Å². The van der Waals surface area contributed by atoms with Crippen molar-refractivity contribution in [2.45, 2.75) is 32.0 Å². The van der Waals surface area contributed by atoms with E-state index in [4.69, 9.17) is 4.74 Å². The Balaban J connectivity index is 1.35. The molecule has 2 amide bonds. The van der Waals surface area contributed by atoms with Crippen LogP contribution in [0.4, 0.5) is 18.9 Å². The van der Waals surface area contributed by atoms with E-state index < -0.39 is 17.8 Å². The second kappa shape index (κ2) is 10.5. The Kier molecular flexibility index (Phi) is 7.11. The number of hydrogen-bond acceptors (Lipinski definition) is 5. The van der Waals surface area contributed by atoms with E-state index in [1.807, 2.05) is 0 Å². The molecule has 2 aliphatic heterocycles. The predicted molar refractivity (Wildman–Crippen MR) is 134 cm³/mol. The Bertz CT molecular complexity index is 1310. The SMILES string of the molecule is COc1ccc(-n2nc(C(F)(F)F)c3c2C(=O)N(c2ccc(CNC(=O)CN4CCCC4)cc2)CC3)cc1. The number of benzene rings is 2. The molecule has 2 aliphatic rings. The van der Waals surface area contributed by atoms with E-state index in [1.54, 1.807) is 48.5 Å². The lowest BCUT2D eigenvalue weighted by Crippen LogP contribution is -2.39. The van der Waals surface area contributed by atoms with Gasteiger partial charge in [-0.2, -0.15) is 18.3 Å². The van der Waals surface area contributed by atoms with Crippen molar-refractivity contribution in [3.63, 3.8) is 0 Å². The van der Waals surface area contributed by atoms with Crippen LogP contribution in [-0.2, 0) is 23.9 Å². The predicted octanol–water partition coefficient (Wildman–Crippen LogP) is 3.81. The number of nitrogens with one attached hydrogen (secondary N) is 1. The Hall–Kier alpha value is -3.86. The van der Waals surface area contributed by atoms with Crippen LogP contribution < -0.4 is 15.0 Å². The minimum atomic E-state index is -4.69. The third kappa shape index (κ3) is 5.24. The number of rotatable bonds is 7. The highest BCUT2D eigenvalue weighted by Gasteiger charge is 2.43. The van der Waals surface area contributed by atoms with Gasteiger partial charge in [0.15, 0.2) is 5.69 Å². The summed E-state index contributed by atoms with van der Waals surface area (Å²) in [6.07, 6.45) is -2.45. The number of ether oxygens (including phenoxy) is 1. The smallest absolute Gasteiger partial charge is 0.435 e. The summed E-state index contributed by atoms with van der Waals surface area (Å²) in [5, 5.41) is 6.73. The number of carbonyl (C=O) groups is 2. The molecule has 0 unspecified atom stereocenters. The van der Waals surface area contributed by atoms with Gasteiger partial charge in [0.2, 0.25) is 5.91 Å². The summed E-state index contributed by atoms with van der Waals surface area (Å²) in [5.41, 5.74) is 0.489. The zero-order valence-electron chi connectivity index (χ0n) is 20.9. The minimum Gasteiger partial charge on any atom is -0.497 e. The van der Waals surface area contributed by atoms with Crippen LogP contribution in [0.5, 0.6) is 5.75 Å². The lowest BCUT2D eigenvalue weighted by Gasteiger charge is -2.28. The normalized spacial score (nSPS) is 16.0. The molecule has 2 aromatic carbocycles. The number of aromatic nitrogens is 2. The Morgan fingerprint density at radius 2 is 1.66 bits per heavy atom. The van der Waals surface area contributed by atoms with E-state index in [2.05, 4.69) is 15.3 Å². The minimum absolute atomic E-state index is 0.0143. The number of carbonyl (C=O) groups excluding carboxylic acids is 2. The Morgan fingerprint density at radius 1 is 1.00 bits per heavy atom. The summed E-state index contributed by atoms with van der Waals surface area (Å²) in [5.74, 6) is -0.0650. The van der Waals surface area contributed by atoms with Crippen LogP contribution >= 0.6 is 0 Å². The average Bonchev–Trinajstić information content (AvgIpc) is 3.56. The van der Waals surface area contributed by atoms with Crippen LogP contribution in [-0.4, -0.2) is 59.8 Å². The summed E-state index contributed by atoms with van der Waals surface area (Å²) >= 11 is 0. The summed E-state index contributed by atoms with van der Waals surface area (Å²) in [4.78, 5) is 29.3. The van der Waals surface area contributed by atoms with Gasteiger partial charge in [-0.3, -0.25) is 14.5 Å². The van der Waals surface area contributed by atoms with Crippen molar-refractivity contribution < 1.29 is 27.5 Å². The van der Waals surface area contributed by atoms with Crippen LogP contribution in [0.3, 0.4) is 0 Å². The van der Waals surface area contributed by atoms with Gasteiger partial charge in [0.1, 0.15) is 11.4 Å². The summed E-state index contributed by atoms with van der Waals surface area (Å²) in [6.45, 7) is 2.70. The first-order valence-corrected chi connectivity index (χ1v) is 12.5. The highest BCUT2D eigenvalue weighted by molar-refractivity contribution is 6.07. The van der Waals surface area contributed by atoms with Crippen molar-refractivity contribution in [2.24, 2.45) is 0 Å². The first-order valence-electron chi connectivity index (χ1n) is 12.5. The number of anilines is 1. The highest BCUT2D eigenvalue weighted by atomic mass is 19.4. The van der Waals surface area contributed by atoms with Gasteiger partial charge in [-0.05, 0) is 74.3 Å². The molecule has 0 aliphatic carbocycles. The molecule has 0 spiro atoms. The molecule has 5 rings (SSSR count). The second-order valence-corrected chi connectivity index (χ2v) is 9.42. The van der Waals surface area contributed by atoms with Crippen LogP contribution in [0.1, 0.15) is 40.2 Å². The van der Waals surface area contributed by atoms with E-state index in [-0.39, 0.29) is 30.1 Å². The van der Waals surface area contributed by atoms with Crippen molar-refractivity contribution in [3.05, 3.63) is 71.0 Å². The van der Waals surface area contributed by atoms with Gasteiger partial charge in [-0.15, -0.1) is 0 Å². The molecular weight excluding hydrogens is 499 g/mol. The average molecular weight is 528 g/mol. The maximum absolute atomic E-state index is 13.8. The fraction of sp³-hybridized carbons (Fsp3) is 0.370. The van der Waals surface area contributed by atoms with Crippen LogP contribution in [0.15, 0.2) is 48.5 Å². The second-order valence-electron chi connectivity index (χ2n) is 9.42. The largest absolute Gasteiger partial charge is 0.497 e. The number of likely N-dealkylation sites (tertiary alicyclic amines) is 1. The van der Waals surface area contributed by atoms with Gasteiger partial charge in [-0.1, -0.05) is 12.1 Å². The molecule has 1 aromatic heterocycles. The fourth-order valence-corrected chi connectivity index (χ4v) is 4.94. The lowest BCUT2D eigenvalue weighted by molar-refractivity contribution is -0.142. The molecule has 38 heavy (non-hydrogen) atoms. The summed E-state index contributed by atoms with van der Waals surface area (Å²) in [6, 6.07) is 13.4. The van der Waals surface area contributed by atoms with Crippen LogP contribution in [0.2, 0.25) is 0 Å². The first-order chi connectivity index (χ1) is 18.2. The molecule has 0 bridgehead atoms.